The minimum absolute atomic E-state index is 0.832. The lowest BCUT2D eigenvalue weighted by Gasteiger charge is -2.36. The molecule has 0 amide bonds. The van der Waals surface area contributed by atoms with Gasteiger partial charge in [0.15, 0.2) is 0 Å². The summed E-state index contributed by atoms with van der Waals surface area (Å²) in [5, 5.41) is 4.10. The highest BCUT2D eigenvalue weighted by Gasteiger charge is 2.65. The topological polar surface area (TPSA) is 12.0 Å². The van der Waals surface area contributed by atoms with Crippen LogP contribution < -0.4 is 5.32 Å². The van der Waals surface area contributed by atoms with E-state index in [1.807, 2.05) is 0 Å². The highest BCUT2D eigenvalue weighted by atomic mass is 15.1. The average molecular weight is 233 g/mol. The summed E-state index contributed by atoms with van der Waals surface area (Å²) in [6, 6.07) is 1.77. The Labute approximate surface area is 106 Å². The Bertz CT molecular complexity index is 287. The zero-order valence-electron chi connectivity index (χ0n) is 11.4. The Kier molecular flexibility index (Phi) is 2.38. The fourth-order valence-electron chi connectivity index (χ4n) is 5.78. The molecule has 2 bridgehead atoms. The second-order valence-electron chi connectivity index (χ2n) is 7.59. The van der Waals surface area contributed by atoms with E-state index < -0.39 is 0 Å². The first kappa shape index (κ1) is 10.8. The summed E-state index contributed by atoms with van der Waals surface area (Å²) in [6.07, 6.45) is 9.07. The molecule has 0 heterocycles. The van der Waals surface area contributed by atoms with Crippen molar-refractivity contribution in [1.82, 2.24) is 5.32 Å². The van der Waals surface area contributed by atoms with Crippen LogP contribution in [-0.2, 0) is 0 Å². The number of nitrogens with one attached hydrogen (secondary N) is 1. The third-order valence-electron chi connectivity index (χ3n) is 6.67. The standard InChI is InChI=1S/C16H27N/c1-9-4-3-5-10(2)15(9)17-16-13-11-6-7-12(8-11)14(13)16/h9-17H,3-8H2,1-2H3. The summed E-state index contributed by atoms with van der Waals surface area (Å²) in [5.41, 5.74) is 0. The van der Waals surface area contributed by atoms with Gasteiger partial charge in [0.05, 0.1) is 0 Å². The molecular weight excluding hydrogens is 206 g/mol. The van der Waals surface area contributed by atoms with E-state index in [-0.39, 0.29) is 0 Å². The van der Waals surface area contributed by atoms with E-state index in [1.54, 1.807) is 19.3 Å². The SMILES string of the molecule is CC1CCCC(C)C1NC1C2C3CCC(C3)C12. The van der Waals surface area contributed by atoms with E-state index in [0.717, 1.165) is 47.6 Å². The summed E-state index contributed by atoms with van der Waals surface area (Å²) in [7, 11) is 0. The van der Waals surface area contributed by atoms with E-state index in [0.29, 0.717) is 0 Å². The van der Waals surface area contributed by atoms with Crippen LogP contribution in [0.3, 0.4) is 0 Å². The molecule has 6 unspecified atom stereocenters. The molecule has 0 aliphatic heterocycles. The van der Waals surface area contributed by atoms with Gasteiger partial charge in [-0.05, 0) is 67.6 Å². The van der Waals surface area contributed by atoms with Gasteiger partial charge >= 0.3 is 0 Å². The third kappa shape index (κ3) is 1.54. The van der Waals surface area contributed by atoms with Crippen molar-refractivity contribution in [3.8, 4) is 0 Å². The van der Waals surface area contributed by atoms with Crippen molar-refractivity contribution in [2.45, 2.75) is 64.5 Å². The number of hydrogen-bond acceptors (Lipinski definition) is 1. The predicted molar refractivity (Wildman–Crippen MR) is 70.7 cm³/mol. The summed E-state index contributed by atoms with van der Waals surface area (Å²) >= 11 is 0. The molecule has 0 aromatic carbocycles. The molecule has 4 rings (SSSR count). The quantitative estimate of drug-likeness (QED) is 0.770. The van der Waals surface area contributed by atoms with E-state index >= 15 is 0 Å². The van der Waals surface area contributed by atoms with Gasteiger partial charge in [0, 0.05) is 12.1 Å². The molecule has 0 spiro atoms. The zero-order chi connectivity index (χ0) is 11.6. The molecule has 4 fully saturated rings. The number of hydrogen-bond donors (Lipinski definition) is 1. The maximum absolute atomic E-state index is 4.10. The van der Waals surface area contributed by atoms with Crippen molar-refractivity contribution in [3.63, 3.8) is 0 Å². The van der Waals surface area contributed by atoms with Crippen LogP contribution in [-0.4, -0.2) is 12.1 Å². The lowest BCUT2D eigenvalue weighted by Crippen LogP contribution is -2.45. The molecule has 17 heavy (non-hydrogen) atoms. The van der Waals surface area contributed by atoms with Gasteiger partial charge in [-0.1, -0.05) is 20.3 Å². The fraction of sp³-hybridized carbons (Fsp3) is 1.00. The Morgan fingerprint density at radius 3 is 1.94 bits per heavy atom. The summed E-state index contributed by atoms with van der Waals surface area (Å²) < 4.78 is 0. The molecule has 4 aliphatic carbocycles. The summed E-state index contributed by atoms with van der Waals surface area (Å²) in [6.45, 7) is 4.94. The highest BCUT2D eigenvalue weighted by molar-refractivity contribution is 5.17. The van der Waals surface area contributed by atoms with Crippen molar-refractivity contribution in [3.05, 3.63) is 0 Å². The second kappa shape index (κ2) is 3.73. The molecule has 1 N–H and O–H groups in total. The van der Waals surface area contributed by atoms with E-state index in [9.17, 15) is 0 Å². The maximum Gasteiger partial charge on any atom is 0.0138 e. The monoisotopic (exact) mass is 233 g/mol. The van der Waals surface area contributed by atoms with Gasteiger partial charge in [0.25, 0.3) is 0 Å². The van der Waals surface area contributed by atoms with Gasteiger partial charge in [-0.15, -0.1) is 0 Å². The zero-order valence-corrected chi connectivity index (χ0v) is 11.4. The number of fused-ring (bicyclic) bond motifs is 5. The predicted octanol–water partition coefficient (Wildman–Crippen LogP) is 3.45. The van der Waals surface area contributed by atoms with Crippen molar-refractivity contribution < 1.29 is 0 Å². The number of rotatable bonds is 2. The lowest BCUT2D eigenvalue weighted by atomic mass is 9.78. The molecule has 4 saturated carbocycles. The van der Waals surface area contributed by atoms with Crippen LogP contribution in [0.15, 0.2) is 0 Å². The molecule has 0 aromatic rings. The van der Waals surface area contributed by atoms with E-state index in [4.69, 9.17) is 0 Å². The van der Waals surface area contributed by atoms with Crippen LogP contribution in [0.25, 0.3) is 0 Å². The van der Waals surface area contributed by atoms with Crippen LogP contribution in [0, 0.1) is 35.5 Å². The van der Waals surface area contributed by atoms with Crippen LogP contribution in [0.2, 0.25) is 0 Å². The Morgan fingerprint density at radius 2 is 1.35 bits per heavy atom. The maximum atomic E-state index is 4.10. The first-order chi connectivity index (χ1) is 8.25. The first-order valence-corrected chi connectivity index (χ1v) is 8.01. The van der Waals surface area contributed by atoms with Crippen molar-refractivity contribution >= 4 is 0 Å². The highest BCUT2D eigenvalue weighted by Crippen LogP contribution is 2.65. The van der Waals surface area contributed by atoms with Gasteiger partial charge < -0.3 is 5.32 Å². The van der Waals surface area contributed by atoms with Crippen LogP contribution in [0.5, 0.6) is 0 Å². The molecule has 1 nitrogen and oxygen atoms in total. The van der Waals surface area contributed by atoms with Gasteiger partial charge in [-0.25, -0.2) is 0 Å². The third-order valence-corrected chi connectivity index (χ3v) is 6.67. The van der Waals surface area contributed by atoms with Crippen molar-refractivity contribution in [2.24, 2.45) is 35.5 Å². The Hall–Kier alpha value is -0.0400. The Morgan fingerprint density at radius 1 is 0.765 bits per heavy atom. The van der Waals surface area contributed by atoms with Crippen LogP contribution >= 0.6 is 0 Å². The van der Waals surface area contributed by atoms with Gasteiger partial charge in [-0.3, -0.25) is 0 Å². The van der Waals surface area contributed by atoms with Gasteiger partial charge in [0.1, 0.15) is 0 Å². The normalized spacial score (nSPS) is 60.4. The lowest BCUT2D eigenvalue weighted by molar-refractivity contribution is 0.198. The summed E-state index contributed by atoms with van der Waals surface area (Å²) in [4.78, 5) is 0. The molecule has 0 saturated heterocycles. The Balaban J connectivity index is 1.42. The minimum atomic E-state index is 0.832. The first-order valence-electron chi connectivity index (χ1n) is 8.01. The average Bonchev–Trinajstić information content (AvgIpc) is 2.70. The molecular formula is C16H27N. The summed E-state index contributed by atoms with van der Waals surface area (Å²) in [5.74, 6) is 6.29. The van der Waals surface area contributed by atoms with E-state index in [2.05, 4.69) is 19.2 Å². The van der Waals surface area contributed by atoms with E-state index in [1.165, 1.54) is 19.3 Å². The molecule has 6 atom stereocenters. The minimum Gasteiger partial charge on any atom is -0.310 e. The van der Waals surface area contributed by atoms with Gasteiger partial charge in [0.2, 0.25) is 0 Å². The fourth-order valence-corrected chi connectivity index (χ4v) is 5.78. The largest absolute Gasteiger partial charge is 0.310 e. The smallest absolute Gasteiger partial charge is 0.0138 e. The van der Waals surface area contributed by atoms with Crippen LogP contribution in [0.4, 0.5) is 0 Å². The molecule has 4 aliphatic rings. The molecule has 0 radical (unpaired) electrons. The molecule has 1 heteroatoms. The molecule has 0 aromatic heterocycles. The molecule has 96 valence electrons. The van der Waals surface area contributed by atoms with Crippen molar-refractivity contribution in [2.75, 3.05) is 0 Å². The van der Waals surface area contributed by atoms with Crippen molar-refractivity contribution in [1.29, 1.82) is 0 Å². The second-order valence-corrected chi connectivity index (χ2v) is 7.59. The van der Waals surface area contributed by atoms with Crippen LogP contribution in [0.1, 0.15) is 52.4 Å². The van der Waals surface area contributed by atoms with Gasteiger partial charge in [-0.2, -0.15) is 0 Å².